The highest BCUT2D eigenvalue weighted by Crippen LogP contribution is 2.07. The molecule has 0 heterocycles. The molecule has 0 aliphatic carbocycles. The van der Waals surface area contributed by atoms with Crippen molar-refractivity contribution in [3.8, 4) is 6.07 Å². The number of nitrogens with zero attached hydrogens (tertiary/aromatic N) is 1. The minimum atomic E-state index is -0.947. The Bertz CT molecular complexity index is 773. The summed E-state index contributed by atoms with van der Waals surface area (Å²) in [5, 5.41) is 13.5. The van der Waals surface area contributed by atoms with Crippen molar-refractivity contribution < 1.29 is 18.7 Å². The van der Waals surface area contributed by atoms with Gasteiger partial charge in [-0.15, -0.1) is 0 Å². The number of hydrogen-bond donors (Lipinski definition) is 2. The number of ether oxygens (including phenoxy) is 1. The first-order valence-corrected chi connectivity index (χ1v) is 7.95. The summed E-state index contributed by atoms with van der Waals surface area (Å²) < 4.78 is 18.1. The number of halogens is 1. The zero-order chi connectivity index (χ0) is 18.8. The summed E-state index contributed by atoms with van der Waals surface area (Å²) in [6, 6.07) is 15.6. The van der Waals surface area contributed by atoms with Crippen molar-refractivity contribution in [2.45, 2.75) is 19.1 Å². The molecule has 0 aromatic heterocycles. The van der Waals surface area contributed by atoms with E-state index in [4.69, 9.17) is 10.00 Å². The Labute approximate surface area is 150 Å². The average molecular weight is 355 g/mol. The van der Waals surface area contributed by atoms with Crippen molar-refractivity contribution in [1.82, 2.24) is 10.6 Å². The number of carbonyl (C=O) groups excluding carboxylic acids is 2. The summed E-state index contributed by atoms with van der Waals surface area (Å²) in [6.45, 7) is -0.116. The van der Waals surface area contributed by atoms with Crippen LogP contribution in [0.2, 0.25) is 0 Å². The number of benzene rings is 2. The molecule has 0 bridgehead atoms. The van der Waals surface area contributed by atoms with Crippen LogP contribution in [0.1, 0.15) is 11.1 Å². The molecule has 2 amide bonds. The molecule has 2 aromatic rings. The number of carbonyl (C=O) groups is 2. The predicted octanol–water partition coefficient (Wildman–Crippen LogP) is 2.30. The van der Waals surface area contributed by atoms with Crippen molar-refractivity contribution in [3.05, 3.63) is 71.5 Å². The topological polar surface area (TPSA) is 91.2 Å². The summed E-state index contributed by atoms with van der Waals surface area (Å²) in [6.07, 6.45) is -0.620. The van der Waals surface area contributed by atoms with Crippen molar-refractivity contribution in [2.75, 3.05) is 6.54 Å². The highest BCUT2D eigenvalue weighted by Gasteiger charge is 2.21. The Hall–Kier alpha value is -3.40. The minimum absolute atomic E-state index is 0.0652. The monoisotopic (exact) mass is 355 g/mol. The van der Waals surface area contributed by atoms with Crippen molar-refractivity contribution >= 4 is 12.0 Å². The number of rotatable bonds is 7. The third-order valence-electron chi connectivity index (χ3n) is 3.52. The Balaban J connectivity index is 1.97. The van der Waals surface area contributed by atoms with Crippen LogP contribution in [0.4, 0.5) is 9.18 Å². The van der Waals surface area contributed by atoms with E-state index in [9.17, 15) is 14.0 Å². The van der Waals surface area contributed by atoms with E-state index < -0.39 is 23.9 Å². The lowest BCUT2D eigenvalue weighted by Crippen LogP contribution is -2.48. The summed E-state index contributed by atoms with van der Waals surface area (Å²) in [5.41, 5.74) is 1.47. The van der Waals surface area contributed by atoms with Crippen molar-refractivity contribution in [1.29, 1.82) is 5.26 Å². The Morgan fingerprint density at radius 3 is 2.42 bits per heavy atom. The normalized spacial score (nSPS) is 11.1. The molecule has 0 saturated heterocycles. The van der Waals surface area contributed by atoms with Gasteiger partial charge in [-0.25, -0.2) is 9.18 Å². The molecule has 0 fully saturated rings. The van der Waals surface area contributed by atoms with Crippen LogP contribution in [0.5, 0.6) is 0 Å². The van der Waals surface area contributed by atoms with Gasteiger partial charge >= 0.3 is 6.09 Å². The summed E-state index contributed by atoms with van der Waals surface area (Å²) in [4.78, 5) is 24.2. The average Bonchev–Trinajstić information content (AvgIpc) is 2.66. The van der Waals surface area contributed by atoms with E-state index in [-0.39, 0.29) is 19.6 Å². The maximum atomic E-state index is 13.0. The van der Waals surface area contributed by atoms with Crippen LogP contribution in [0.3, 0.4) is 0 Å². The maximum absolute atomic E-state index is 13.0. The van der Waals surface area contributed by atoms with Gasteiger partial charge in [0.05, 0.1) is 6.07 Å². The van der Waals surface area contributed by atoms with Gasteiger partial charge in [-0.1, -0.05) is 42.5 Å². The van der Waals surface area contributed by atoms with E-state index in [0.717, 1.165) is 5.56 Å². The minimum Gasteiger partial charge on any atom is -0.445 e. The van der Waals surface area contributed by atoms with Crippen LogP contribution in [0.15, 0.2) is 54.6 Å². The lowest BCUT2D eigenvalue weighted by atomic mass is 10.1. The molecule has 0 spiro atoms. The molecule has 6 nitrogen and oxygen atoms in total. The van der Waals surface area contributed by atoms with E-state index in [1.165, 1.54) is 24.3 Å². The zero-order valence-electron chi connectivity index (χ0n) is 13.9. The molecule has 134 valence electrons. The standard InChI is InChI=1S/C19H18FN3O3/c20-16-8-6-14(7-9-16)12-17(18(24)22-11-10-21)23-19(25)26-13-15-4-2-1-3-5-15/h1-9,17H,11-13H2,(H,22,24)(H,23,25)/t17-/m1/s1. The lowest BCUT2D eigenvalue weighted by Gasteiger charge is -2.18. The molecule has 2 aromatic carbocycles. The van der Waals surface area contributed by atoms with Crippen LogP contribution in [0, 0.1) is 17.1 Å². The fourth-order valence-electron chi connectivity index (χ4n) is 2.22. The van der Waals surface area contributed by atoms with Gasteiger partial charge in [0.1, 0.15) is 25.0 Å². The Morgan fingerprint density at radius 1 is 1.08 bits per heavy atom. The van der Waals surface area contributed by atoms with E-state index in [1.807, 2.05) is 30.3 Å². The molecule has 0 unspecified atom stereocenters. The second kappa shape index (κ2) is 9.79. The summed E-state index contributed by atoms with van der Waals surface area (Å²) in [5.74, 6) is -0.915. The predicted molar refractivity (Wildman–Crippen MR) is 92.3 cm³/mol. The van der Waals surface area contributed by atoms with Crippen LogP contribution >= 0.6 is 0 Å². The molecule has 0 aliphatic rings. The first kappa shape index (κ1) is 18.9. The smallest absolute Gasteiger partial charge is 0.408 e. The molecule has 1 atom stereocenters. The first-order valence-electron chi connectivity index (χ1n) is 7.95. The molecule has 0 aliphatic heterocycles. The number of hydrogen-bond acceptors (Lipinski definition) is 4. The molecule has 26 heavy (non-hydrogen) atoms. The second-order valence-electron chi connectivity index (χ2n) is 5.47. The van der Waals surface area contributed by atoms with Gasteiger partial charge in [0.15, 0.2) is 0 Å². The molecular formula is C19H18FN3O3. The van der Waals surface area contributed by atoms with Crippen molar-refractivity contribution in [2.24, 2.45) is 0 Å². The van der Waals surface area contributed by atoms with Gasteiger partial charge < -0.3 is 15.4 Å². The third kappa shape index (κ3) is 6.24. The molecular weight excluding hydrogens is 337 g/mol. The van der Waals surface area contributed by atoms with Crippen LogP contribution in [-0.2, 0) is 22.6 Å². The number of nitriles is 1. The van der Waals surface area contributed by atoms with Gasteiger partial charge in [0.25, 0.3) is 0 Å². The fourth-order valence-corrected chi connectivity index (χ4v) is 2.22. The zero-order valence-corrected chi connectivity index (χ0v) is 13.9. The number of amides is 2. The highest BCUT2D eigenvalue weighted by molar-refractivity contribution is 5.86. The Morgan fingerprint density at radius 2 is 1.77 bits per heavy atom. The van der Waals surface area contributed by atoms with Gasteiger partial charge in [-0.2, -0.15) is 5.26 Å². The summed E-state index contributed by atoms with van der Waals surface area (Å²) in [7, 11) is 0. The van der Waals surface area contributed by atoms with Crippen LogP contribution in [0.25, 0.3) is 0 Å². The fraction of sp³-hybridized carbons (Fsp3) is 0.211. The van der Waals surface area contributed by atoms with E-state index in [2.05, 4.69) is 10.6 Å². The largest absolute Gasteiger partial charge is 0.445 e. The van der Waals surface area contributed by atoms with Crippen LogP contribution < -0.4 is 10.6 Å². The molecule has 0 radical (unpaired) electrons. The maximum Gasteiger partial charge on any atom is 0.408 e. The molecule has 2 N–H and O–H groups in total. The van der Waals surface area contributed by atoms with Gasteiger partial charge in [-0.3, -0.25) is 4.79 Å². The first-order chi connectivity index (χ1) is 12.6. The number of nitrogens with one attached hydrogen (secondary N) is 2. The van der Waals surface area contributed by atoms with E-state index >= 15 is 0 Å². The lowest BCUT2D eigenvalue weighted by molar-refractivity contribution is -0.122. The molecule has 7 heteroatoms. The van der Waals surface area contributed by atoms with E-state index in [1.54, 1.807) is 6.07 Å². The summed E-state index contributed by atoms with van der Waals surface area (Å²) >= 11 is 0. The highest BCUT2D eigenvalue weighted by atomic mass is 19.1. The number of alkyl carbamates (subject to hydrolysis) is 1. The van der Waals surface area contributed by atoms with E-state index in [0.29, 0.717) is 5.56 Å². The van der Waals surface area contributed by atoms with Gasteiger partial charge in [0.2, 0.25) is 5.91 Å². The third-order valence-corrected chi connectivity index (χ3v) is 3.52. The molecule has 0 saturated carbocycles. The Kier molecular flexibility index (Phi) is 7.13. The quantitative estimate of drug-likeness (QED) is 0.746. The van der Waals surface area contributed by atoms with Crippen molar-refractivity contribution in [3.63, 3.8) is 0 Å². The SMILES string of the molecule is N#CCNC(=O)[C@@H](Cc1ccc(F)cc1)NC(=O)OCc1ccccc1. The second-order valence-corrected chi connectivity index (χ2v) is 5.47. The van der Waals surface area contributed by atoms with Crippen LogP contribution in [-0.4, -0.2) is 24.6 Å². The van der Waals surface area contributed by atoms with Gasteiger partial charge in [-0.05, 0) is 23.3 Å². The molecule has 2 rings (SSSR count). The van der Waals surface area contributed by atoms with Gasteiger partial charge in [0, 0.05) is 6.42 Å².